The zero-order valence-electron chi connectivity index (χ0n) is 11.8. The van der Waals surface area contributed by atoms with E-state index in [2.05, 4.69) is 16.8 Å². The number of ketones is 1. The van der Waals surface area contributed by atoms with Crippen LogP contribution in [0.3, 0.4) is 0 Å². The van der Waals surface area contributed by atoms with Gasteiger partial charge >= 0.3 is 0 Å². The van der Waals surface area contributed by atoms with E-state index in [0.29, 0.717) is 12.2 Å². The summed E-state index contributed by atoms with van der Waals surface area (Å²) in [7, 11) is 2.16. The van der Waals surface area contributed by atoms with Crippen LogP contribution in [0.2, 0.25) is 0 Å². The van der Waals surface area contributed by atoms with Crippen LogP contribution >= 0.6 is 11.3 Å². The molecule has 0 aromatic carbocycles. The first-order valence-corrected chi connectivity index (χ1v) is 8.11. The summed E-state index contributed by atoms with van der Waals surface area (Å²) in [5.41, 5.74) is 0. The molecule has 0 spiro atoms. The van der Waals surface area contributed by atoms with Crippen molar-refractivity contribution in [3.8, 4) is 0 Å². The molecule has 0 bridgehead atoms. The van der Waals surface area contributed by atoms with Gasteiger partial charge in [-0.1, -0.05) is 6.07 Å². The molecule has 1 aliphatic heterocycles. The molecule has 106 valence electrons. The quantitative estimate of drug-likeness (QED) is 0.684. The Labute approximate surface area is 120 Å². The normalized spacial score (nSPS) is 16.3. The molecule has 3 nitrogen and oxygen atoms in total. The van der Waals surface area contributed by atoms with E-state index >= 15 is 0 Å². The highest BCUT2D eigenvalue weighted by Crippen LogP contribution is 2.12. The van der Waals surface area contributed by atoms with E-state index in [1.165, 1.54) is 32.5 Å². The first-order chi connectivity index (χ1) is 9.25. The molecule has 19 heavy (non-hydrogen) atoms. The van der Waals surface area contributed by atoms with Crippen LogP contribution in [0.25, 0.3) is 0 Å². The molecule has 1 aromatic rings. The van der Waals surface area contributed by atoms with E-state index in [-0.39, 0.29) is 0 Å². The smallest absolute Gasteiger partial charge is 0.172 e. The Balaban J connectivity index is 1.56. The lowest BCUT2D eigenvalue weighted by Crippen LogP contribution is -2.32. The maximum absolute atomic E-state index is 11.8. The van der Waals surface area contributed by atoms with E-state index in [9.17, 15) is 4.79 Å². The van der Waals surface area contributed by atoms with Crippen LogP contribution in [-0.4, -0.2) is 55.4 Å². The van der Waals surface area contributed by atoms with Crippen molar-refractivity contribution >= 4 is 17.1 Å². The van der Waals surface area contributed by atoms with E-state index in [0.717, 1.165) is 24.4 Å². The van der Waals surface area contributed by atoms with Crippen LogP contribution in [0.15, 0.2) is 17.5 Å². The second kappa shape index (κ2) is 7.78. The number of likely N-dealkylation sites (tertiary alicyclic amines) is 1. The van der Waals surface area contributed by atoms with E-state index < -0.39 is 0 Å². The van der Waals surface area contributed by atoms with Crippen LogP contribution in [-0.2, 0) is 0 Å². The fourth-order valence-electron chi connectivity index (χ4n) is 2.50. The highest BCUT2D eigenvalue weighted by molar-refractivity contribution is 7.12. The fourth-order valence-corrected chi connectivity index (χ4v) is 3.19. The predicted octanol–water partition coefficient (Wildman–Crippen LogP) is 2.74. The average molecular weight is 280 g/mol. The van der Waals surface area contributed by atoms with Gasteiger partial charge in [-0.2, -0.15) is 0 Å². The Morgan fingerprint density at radius 2 is 2.16 bits per heavy atom. The Hall–Kier alpha value is -0.710. The van der Waals surface area contributed by atoms with Crippen LogP contribution in [0.4, 0.5) is 0 Å². The summed E-state index contributed by atoms with van der Waals surface area (Å²) in [5, 5.41) is 1.97. The molecule has 4 heteroatoms. The van der Waals surface area contributed by atoms with Gasteiger partial charge in [-0.05, 0) is 57.4 Å². The third-order valence-electron chi connectivity index (χ3n) is 3.74. The van der Waals surface area contributed by atoms with Crippen molar-refractivity contribution in [1.82, 2.24) is 9.80 Å². The molecule has 0 unspecified atom stereocenters. The van der Waals surface area contributed by atoms with Crippen molar-refractivity contribution in [3.05, 3.63) is 22.4 Å². The number of thiophene rings is 1. The van der Waals surface area contributed by atoms with Crippen molar-refractivity contribution in [3.63, 3.8) is 0 Å². The summed E-state index contributed by atoms with van der Waals surface area (Å²) >= 11 is 1.55. The third kappa shape index (κ3) is 5.05. The van der Waals surface area contributed by atoms with Gasteiger partial charge in [0.25, 0.3) is 0 Å². The molecule has 0 aliphatic carbocycles. The molecular weight excluding hydrogens is 256 g/mol. The van der Waals surface area contributed by atoms with Crippen molar-refractivity contribution in [2.75, 3.05) is 39.8 Å². The number of hydrogen-bond acceptors (Lipinski definition) is 4. The molecule has 1 fully saturated rings. The summed E-state index contributed by atoms with van der Waals surface area (Å²) in [5.74, 6) is 0.294. The molecule has 2 rings (SSSR count). The first-order valence-electron chi connectivity index (χ1n) is 7.23. The first kappa shape index (κ1) is 14.7. The predicted molar refractivity (Wildman–Crippen MR) is 81.1 cm³/mol. The van der Waals surface area contributed by atoms with Gasteiger partial charge in [0.05, 0.1) is 4.88 Å². The molecule has 1 saturated heterocycles. The van der Waals surface area contributed by atoms with Gasteiger partial charge in [0, 0.05) is 19.5 Å². The minimum atomic E-state index is 0.294. The summed E-state index contributed by atoms with van der Waals surface area (Å²) in [4.78, 5) is 17.6. The van der Waals surface area contributed by atoms with Crippen LogP contribution in [0, 0.1) is 0 Å². The molecule has 0 N–H and O–H groups in total. The maximum atomic E-state index is 11.8. The van der Waals surface area contributed by atoms with Crippen molar-refractivity contribution in [2.24, 2.45) is 0 Å². The second-order valence-electron chi connectivity index (χ2n) is 5.36. The monoisotopic (exact) mass is 280 g/mol. The Morgan fingerprint density at radius 3 is 2.84 bits per heavy atom. The zero-order chi connectivity index (χ0) is 13.5. The van der Waals surface area contributed by atoms with Gasteiger partial charge in [0.15, 0.2) is 5.78 Å². The average Bonchev–Trinajstić information content (AvgIpc) is 3.09. The van der Waals surface area contributed by atoms with Crippen molar-refractivity contribution in [1.29, 1.82) is 0 Å². The highest BCUT2D eigenvalue weighted by atomic mass is 32.1. The third-order valence-corrected chi connectivity index (χ3v) is 4.65. The molecule has 2 heterocycles. The lowest BCUT2D eigenvalue weighted by Gasteiger charge is -2.21. The van der Waals surface area contributed by atoms with Crippen LogP contribution in [0.5, 0.6) is 0 Å². The summed E-state index contributed by atoms with van der Waals surface area (Å²) in [6.45, 7) is 5.85. The van der Waals surface area contributed by atoms with Gasteiger partial charge in [-0.25, -0.2) is 0 Å². The van der Waals surface area contributed by atoms with E-state index in [1.807, 2.05) is 17.5 Å². The molecule has 0 saturated carbocycles. The molecule has 1 aliphatic rings. The lowest BCUT2D eigenvalue weighted by molar-refractivity contribution is 0.0979. The van der Waals surface area contributed by atoms with Gasteiger partial charge in [-0.15, -0.1) is 11.3 Å². The number of carbonyl (C=O) groups excluding carboxylic acids is 1. The molecule has 1 aromatic heterocycles. The summed E-state index contributed by atoms with van der Waals surface area (Å²) in [6, 6.07) is 3.87. The standard InChI is InChI=1S/C15H24N2OS/c1-16(11-12-17-9-2-3-10-17)8-4-6-14(18)15-7-5-13-19-15/h5,7,13H,2-4,6,8-12H2,1H3. The minimum absolute atomic E-state index is 0.294. The molecule has 0 atom stereocenters. The summed E-state index contributed by atoms with van der Waals surface area (Å²) < 4.78 is 0. The molecular formula is C15H24N2OS. The lowest BCUT2D eigenvalue weighted by atomic mass is 10.2. The van der Waals surface area contributed by atoms with E-state index in [1.54, 1.807) is 11.3 Å². The Kier molecular flexibility index (Phi) is 6.01. The van der Waals surface area contributed by atoms with Crippen LogP contribution < -0.4 is 0 Å². The number of rotatable bonds is 8. The number of carbonyl (C=O) groups is 1. The van der Waals surface area contributed by atoms with Gasteiger partial charge in [0.1, 0.15) is 0 Å². The topological polar surface area (TPSA) is 23.6 Å². The second-order valence-corrected chi connectivity index (χ2v) is 6.30. The minimum Gasteiger partial charge on any atom is -0.305 e. The fraction of sp³-hybridized carbons (Fsp3) is 0.667. The van der Waals surface area contributed by atoms with Gasteiger partial charge in [0.2, 0.25) is 0 Å². The largest absolute Gasteiger partial charge is 0.305 e. The molecule has 0 radical (unpaired) electrons. The van der Waals surface area contributed by atoms with Gasteiger partial charge < -0.3 is 9.80 Å². The maximum Gasteiger partial charge on any atom is 0.172 e. The summed E-state index contributed by atoms with van der Waals surface area (Å²) in [6.07, 6.45) is 4.36. The van der Waals surface area contributed by atoms with Crippen LogP contribution in [0.1, 0.15) is 35.4 Å². The van der Waals surface area contributed by atoms with E-state index in [4.69, 9.17) is 0 Å². The number of hydrogen-bond donors (Lipinski definition) is 0. The van der Waals surface area contributed by atoms with Crippen molar-refractivity contribution < 1.29 is 4.79 Å². The highest BCUT2D eigenvalue weighted by Gasteiger charge is 2.12. The molecule has 0 amide bonds. The Bertz CT molecular complexity index is 372. The SMILES string of the molecule is CN(CCCC(=O)c1cccs1)CCN1CCCC1. The van der Waals surface area contributed by atoms with Crippen molar-refractivity contribution in [2.45, 2.75) is 25.7 Å². The number of Topliss-reactive ketones (excluding diaryl/α,β-unsaturated/α-hetero) is 1. The number of nitrogens with zero attached hydrogens (tertiary/aromatic N) is 2. The Morgan fingerprint density at radius 1 is 1.37 bits per heavy atom. The number of likely N-dealkylation sites (N-methyl/N-ethyl adjacent to an activating group) is 1. The zero-order valence-corrected chi connectivity index (χ0v) is 12.6. The van der Waals surface area contributed by atoms with Gasteiger partial charge in [-0.3, -0.25) is 4.79 Å².